The summed E-state index contributed by atoms with van der Waals surface area (Å²) in [6, 6.07) is 14.3. The van der Waals surface area contributed by atoms with Crippen molar-refractivity contribution in [3.63, 3.8) is 0 Å². The Morgan fingerprint density at radius 3 is 2.62 bits per heavy atom. The molecular weight excluding hydrogens is 264 g/mol. The van der Waals surface area contributed by atoms with Crippen LogP contribution in [0.15, 0.2) is 48.2 Å². The molecule has 3 aromatic rings. The highest BCUT2D eigenvalue weighted by molar-refractivity contribution is 6.08. The van der Waals surface area contributed by atoms with E-state index in [-0.39, 0.29) is 10.6 Å². The lowest BCUT2D eigenvalue weighted by molar-refractivity contribution is -0.422. The average molecular weight is 280 g/mol. The van der Waals surface area contributed by atoms with Crippen LogP contribution in [-0.2, 0) is 6.54 Å². The van der Waals surface area contributed by atoms with Crippen molar-refractivity contribution in [3.05, 3.63) is 63.8 Å². The molecule has 0 N–H and O–H groups in total. The number of benzene rings is 2. The number of aryl methyl sites for hydroxylation is 1. The SMILES string of the molecule is CCn1c2ccccc2c2cc(C=C(C)[N+](=O)[O-])ccc21. The summed E-state index contributed by atoms with van der Waals surface area (Å²) in [5, 5.41) is 13.1. The third-order valence-corrected chi connectivity index (χ3v) is 3.78. The first-order valence-electron chi connectivity index (χ1n) is 6.95. The summed E-state index contributed by atoms with van der Waals surface area (Å²) in [4.78, 5) is 10.4. The highest BCUT2D eigenvalue weighted by Gasteiger charge is 2.10. The molecule has 0 saturated heterocycles. The van der Waals surface area contributed by atoms with E-state index < -0.39 is 0 Å². The Labute approximate surface area is 122 Å². The molecule has 1 aromatic heterocycles. The Morgan fingerprint density at radius 2 is 1.90 bits per heavy atom. The molecule has 4 nitrogen and oxygen atoms in total. The van der Waals surface area contributed by atoms with E-state index in [0.29, 0.717) is 0 Å². The zero-order valence-corrected chi connectivity index (χ0v) is 12.0. The standard InChI is InChI=1S/C17H16N2O2/c1-3-18-16-7-5-4-6-14(16)15-11-13(8-9-17(15)18)10-12(2)19(20)21/h4-11H,3H2,1-2H3. The largest absolute Gasteiger partial charge is 0.341 e. The van der Waals surface area contributed by atoms with Crippen molar-refractivity contribution in [1.29, 1.82) is 0 Å². The maximum absolute atomic E-state index is 10.8. The molecular formula is C17H16N2O2. The molecule has 3 rings (SSSR count). The van der Waals surface area contributed by atoms with Gasteiger partial charge in [-0.25, -0.2) is 0 Å². The predicted molar refractivity (Wildman–Crippen MR) is 85.8 cm³/mol. The van der Waals surface area contributed by atoms with Crippen molar-refractivity contribution in [2.75, 3.05) is 0 Å². The van der Waals surface area contributed by atoms with E-state index in [9.17, 15) is 10.1 Å². The number of allylic oxidation sites excluding steroid dienone is 1. The van der Waals surface area contributed by atoms with Crippen LogP contribution < -0.4 is 0 Å². The fourth-order valence-electron chi connectivity index (χ4n) is 2.80. The van der Waals surface area contributed by atoms with Gasteiger partial charge in [0.15, 0.2) is 0 Å². The van der Waals surface area contributed by atoms with Crippen LogP contribution in [0.2, 0.25) is 0 Å². The minimum atomic E-state index is -0.362. The Hall–Kier alpha value is -2.62. The predicted octanol–water partition coefficient (Wildman–Crippen LogP) is 4.45. The Bertz CT molecular complexity index is 875. The van der Waals surface area contributed by atoms with Crippen molar-refractivity contribution in [1.82, 2.24) is 4.57 Å². The lowest BCUT2D eigenvalue weighted by atomic mass is 10.1. The first-order valence-corrected chi connectivity index (χ1v) is 6.95. The maximum atomic E-state index is 10.8. The van der Waals surface area contributed by atoms with E-state index in [1.807, 2.05) is 30.3 Å². The zero-order valence-electron chi connectivity index (χ0n) is 12.0. The molecule has 0 bridgehead atoms. The molecule has 0 aliphatic carbocycles. The van der Waals surface area contributed by atoms with Gasteiger partial charge in [0, 0.05) is 41.4 Å². The number of hydrogen-bond donors (Lipinski definition) is 0. The topological polar surface area (TPSA) is 48.1 Å². The lowest BCUT2D eigenvalue weighted by Gasteiger charge is -2.02. The van der Waals surface area contributed by atoms with Crippen molar-refractivity contribution >= 4 is 27.9 Å². The highest BCUT2D eigenvalue weighted by Crippen LogP contribution is 2.30. The van der Waals surface area contributed by atoms with Gasteiger partial charge in [0.05, 0.1) is 4.92 Å². The number of fused-ring (bicyclic) bond motifs is 3. The molecule has 0 atom stereocenters. The van der Waals surface area contributed by atoms with E-state index >= 15 is 0 Å². The Kier molecular flexibility index (Phi) is 3.22. The summed E-state index contributed by atoms with van der Waals surface area (Å²) >= 11 is 0. The molecule has 0 amide bonds. The van der Waals surface area contributed by atoms with Gasteiger partial charge in [-0.2, -0.15) is 0 Å². The van der Waals surface area contributed by atoms with Crippen LogP contribution in [0.4, 0.5) is 0 Å². The third-order valence-electron chi connectivity index (χ3n) is 3.78. The molecule has 0 saturated carbocycles. The van der Waals surface area contributed by atoms with Gasteiger partial charge in [-0.05, 0) is 30.7 Å². The summed E-state index contributed by atoms with van der Waals surface area (Å²) in [5.41, 5.74) is 3.36. The van der Waals surface area contributed by atoms with Gasteiger partial charge in [0.25, 0.3) is 0 Å². The molecule has 106 valence electrons. The monoisotopic (exact) mass is 280 g/mol. The fraction of sp³-hybridized carbons (Fsp3) is 0.176. The van der Waals surface area contributed by atoms with Crippen LogP contribution in [0.1, 0.15) is 19.4 Å². The minimum Gasteiger partial charge on any atom is -0.341 e. The van der Waals surface area contributed by atoms with Crippen molar-refractivity contribution in [3.8, 4) is 0 Å². The second-order valence-corrected chi connectivity index (χ2v) is 5.08. The van der Waals surface area contributed by atoms with Crippen molar-refractivity contribution in [2.24, 2.45) is 0 Å². The molecule has 0 aliphatic heterocycles. The Balaban J connectivity index is 2.29. The van der Waals surface area contributed by atoms with E-state index in [1.54, 1.807) is 6.08 Å². The fourth-order valence-corrected chi connectivity index (χ4v) is 2.80. The summed E-state index contributed by atoms with van der Waals surface area (Å²) < 4.78 is 2.26. The molecule has 2 aromatic carbocycles. The molecule has 1 heterocycles. The second kappa shape index (κ2) is 5.05. The Morgan fingerprint density at radius 1 is 1.19 bits per heavy atom. The van der Waals surface area contributed by atoms with E-state index in [2.05, 4.69) is 23.6 Å². The van der Waals surface area contributed by atoms with E-state index in [4.69, 9.17) is 0 Å². The van der Waals surface area contributed by atoms with Crippen LogP contribution >= 0.6 is 0 Å². The number of nitrogens with zero attached hydrogens (tertiary/aromatic N) is 2. The second-order valence-electron chi connectivity index (χ2n) is 5.08. The molecule has 0 radical (unpaired) electrons. The summed E-state index contributed by atoms with van der Waals surface area (Å²) in [7, 11) is 0. The molecule has 21 heavy (non-hydrogen) atoms. The normalized spacial score (nSPS) is 12.2. The quantitative estimate of drug-likeness (QED) is 0.525. The zero-order chi connectivity index (χ0) is 15.0. The first-order chi connectivity index (χ1) is 10.1. The molecule has 4 heteroatoms. The van der Waals surface area contributed by atoms with Gasteiger partial charge in [0.1, 0.15) is 0 Å². The van der Waals surface area contributed by atoms with Gasteiger partial charge >= 0.3 is 0 Å². The molecule has 0 aliphatic rings. The number of para-hydroxylation sites is 1. The maximum Gasteiger partial charge on any atom is 0.243 e. The average Bonchev–Trinajstić information content (AvgIpc) is 2.80. The first kappa shape index (κ1) is 13.4. The van der Waals surface area contributed by atoms with Crippen LogP contribution in [0.25, 0.3) is 27.9 Å². The van der Waals surface area contributed by atoms with Crippen molar-refractivity contribution < 1.29 is 4.92 Å². The number of nitro groups is 1. The lowest BCUT2D eigenvalue weighted by Crippen LogP contribution is -1.93. The van der Waals surface area contributed by atoms with Crippen molar-refractivity contribution in [2.45, 2.75) is 20.4 Å². The number of aromatic nitrogens is 1. The smallest absolute Gasteiger partial charge is 0.243 e. The van der Waals surface area contributed by atoms with Gasteiger partial charge in [-0.3, -0.25) is 10.1 Å². The third kappa shape index (κ3) is 2.18. The van der Waals surface area contributed by atoms with Crippen LogP contribution in [0.3, 0.4) is 0 Å². The van der Waals surface area contributed by atoms with Gasteiger partial charge in [-0.15, -0.1) is 0 Å². The molecule has 0 unspecified atom stereocenters. The van der Waals surface area contributed by atoms with E-state index in [1.165, 1.54) is 17.8 Å². The van der Waals surface area contributed by atoms with Crippen LogP contribution in [-0.4, -0.2) is 9.49 Å². The molecule has 0 spiro atoms. The van der Waals surface area contributed by atoms with Crippen LogP contribution in [0.5, 0.6) is 0 Å². The summed E-state index contributed by atoms with van der Waals surface area (Å²) in [5.74, 6) is 0. The summed E-state index contributed by atoms with van der Waals surface area (Å²) in [6.07, 6.45) is 1.61. The van der Waals surface area contributed by atoms with Gasteiger partial charge in [0.2, 0.25) is 5.70 Å². The van der Waals surface area contributed by atoms with Gasteiger partial charge < -0.3 is 4.57 Å². The number of rotatable bonds is 3. The summed E-state index contributed by atoms with van der Waals surface area (Å²) in [6.45, 7) is 4.53. The number of hydrogen-bond acceptors (Lipinski definition) is 2. The highest BCUT2D eigenvalue weighted by atomic mass is 16.6. The van der Waals surface area contributed by atoms with E-state index in [0.717, 1.165) is 23.0 Å². The van der Waals surface area contributed by atoms with Crippen LogP contribution in [0, 0.1) is 10.1 Å². The molecule has 0 fully saturated rings. The van der Waals surface area contributed by atoms with Gasteiger partial charge in [-0.1, -0.05) is 24.3 Å². The minimum absolute atomic E-state index is 0.147.